The van der Waals surface area contributed by atoms with Gasteiger partial charge in [0.1, 0.15) is 5.01 Å². The van der Waals surface area contributed by atoms with Crippen molar-refractivity contribution in [1.29, 1.82) is 0 Å². The third-order valence-corrected chi connectivity index (χ3v) is 4.41. The Morgan fingerprint density at radius 2 is 2.35 bits per heavy atom. The first kappa shape index (κ1) is 15.2. The molecule has 2 aromatic heterocycles. The molecular weight excluding hydrogens is 292 g/mol. The van der Waals surface area contributed by atoms with Crippen molar-refractivity contribution in [3.8, 4) is 10.6 Å². The number of carbonyl (C=O) groups excluding carboxylic acids is 1. The lowest BCUT2D eigenvalue weighted by molar-refractivity contribution is -0.120. The first-order valence-electron chi connectivity index (χ1n) is 6.57. The maximum absolute atomic E-state index is 11.7. The van der Waals surface area contributed by atoms with Gasteiger partial charge in [-0.25, -0.2) is 4.98 Å². The quantitative estimate of drug-likeness (QED) is 0.773. The van der Waals surface area contributed by atoms with Crippen molar-refractivity contribution >= 4 is 28.6 Å². The summed E-state index contributed by atoms with van der Waals surface area (Å²) in [5.41, 5.74) is 1.92. The fourth-order valence-corrected chi connectivity index (χ4v) is 3.29. The molecule has 1 unspecified atom stereocenters. The fourth-order valence-electron chi connectivity index (χ4n) is 1.76. The molecule has 1 amide bonds. The van der Waals surface area contributed by atoms with Gasteiger partial charge < -0.3 is 10.4 Å². The molecule has 0 spiro atoms. The molecule has 1 atom stereocenters. The number of thiophene rings is 1. The third kappa shape index (κ3) is 4.70. The van der Waals surface area contributed by atoms with Crippen LogP contribution in [0.5, 0.6) is 0 Å². The number of amides is 1. The van der Waals surface area contributed by atoms with E-state index in [0.717, 1.165) is 22.7 Å². The second-order valence-corrected chi connectivity index (χ2v) is 6.31. The Hall–Kier alpha value is -1.24. The molecule has 0 saturated carbocycles. The van der Waals surface area contributed by atoms with Crippen molar-refractivity contribution in [1.82, 2.24) is 10.3 Å². The lowest BCUT2D eigenvalue weighted by atomic mass is 10.2. The fraction of sp³-hybridized carbons (Fsp3) is 0.429. The number of rotatable bonds is 7. The summed E-state index contributed by atoms with van der Waals surface area (Å²) in [5.74, 6) is -0.0160. The van der Waals surface area contributed by atoms with Gasteiger partial charge in [-0.1, -0.05) is 0 Å². The highest BCUT2D eigenvalue weighted by Gasteiger charge is 2.09. The molecule has 4 nitrogen and oxygen atoms in total. The van der Waals surface area contributed by atoms with E-state index in [4.69, 9.17) is 5.11 Å². The average Bonchev–Trinajstić information content (AvgIpc) is 3.04. The molecule has 0 aliphatic heterocycles. The van der Waals surface area contributed by atoms with Gasteiger partial charge in [0.25, 0.3) is 0 Å². The van der Waals surface area contributed by atoms with E-state index in [2.05, 4.69) is 15.7 Å². The summed E-state index contributed by atoms with van der Waals surface area (Å²) in [5, 5.41) is 18.9. The molecule has 0 aliphatic carbocycles. The number of nitrogens with one attached hydrogen (secondary N) is 1. The van der Waals surface area contributed by atoms with E-state index in [1.807, 2.05) is 16.8 Å². The second kappa shape index (κ2) is 7.52. The van der Waals surface area contributed by atoms with Gasteiger partial charge in [-0.3, -0.25) is 4.79 Å². The molecular formula is C14H18N2O2S2. The zero-order chi connectivity index (χ0) is 14.4. The van der Waals surface area contributed by atoms with Gasteiger partial charge >= 0.3 is 0 Å². The van der Waals surface area contributed by atoms with E-state index < -0.39 is 0 Å². The van der Waals surface area contributed by atoms with Crippen LogP contribution in [0.1, 0.15) is 25.5 Å². The highest BCUT2D eigenvalue weighted by atomic mass is 32.1. The smallest absolute Gasteiger partial charge is 0.226 e. The molecule has 2 rings (SSSR count). The average molecular weight is 310 g/mol. The van der Waals surface area contributed by atoms with Crippen LogP contribution >= 0.6 is 22.7 Å². The van der Waals surface area contributed by atoms with Gasteiger partial charge in [-0.15, -0.1) is 11.3 Å². The molecule has 0 aliphatic rings. The van der Waals surface area contributed by atoms with E-state index in [-0.39, 0.29) is 12.0 Å². The van der Waals surface area contributed by atoms with Crippen LogP contribution in [0.25, 0.3) is 10.6 Å². The number of thiazole rings is 1. The first-order valence-corrected chi connectivity index (χ1v) is 8.39. The van der Waals surface area contributed by atoms with Gasteiger partial charge in [-0.2, -0.15) is 11.3 Å². The van der Waals surface area contributed by atoms with Crippen LogP contribution in [-0.4, -0.2) is 28.6 Å². The predicted octanol–water partition coefficient (Wildman–Crippen LogP) is 2.69. The zero-order valence-corrected chi connectivity index (χ0v) is 13.0. The third-order valence-electron chi connectivity index (χ3n) is 2.78. The first-order chi connectivity index (χ1) is 9.65. The van der Waals surface area contributed by atoms with E-state index in [0.29, 0.717) is 19.4 Å². The van der Waals surface area contributed by atoms with Gasteiger partial charge in [-0.05, 0) is 31.2 Å². The lowest BCUT2D eigenvalue weighted by Gasteiger charge is -2.05. The number of aromatic nitrogens is 1. The Kier molecular flexibility index (Phi) is 5.70. The van der Waals surface area contributed by atoms with Crippen molar-refractivity contribution in [3.05, 3.63) is 27.9 Å². The maximum Gasteiger partial charge on any atom is 0.226 e. The minimum absolute atomic E-state index is 0.0160. The van der Waals surface area contributed by atoms with Crippen molar-refractivity contribution < 1.29 is 9.90 Å². The molecule has 0 saturated heterocycles. The zero-order valence-electron chi connectivity index (χ0n) is 11.3. The van der Waals surface area contributed by atoms with Crippen molar-refractivity contribution in [2.24, 2.45) is 0 Å². The summed E-state index contributed by atoms with van der Waals surface area (Å²) in [4.78, 5) is 16.2. The van der Waals surface area contributed by atoms with Gasteiger partial charge in [0.15, 0.2) is 0 Å². The van der Waals surface area contributed by atoms with Crippen LogP contribution in [0.2, 0.25) is 0 Å². The van der Waals surface area contributed by atoms with Crippen molar-refractivity contribution in [2.45, 2.75) is 32.3 Å². The normalized spacial score (nSPS) is 12.3. The summed E-state index contributed by atoms with van der Waals surface area (Å²) < 4.78 is 0. The Morgan fingerprint density at radius 1 is 1.50 bits per heavy atom. The molecule has 0 fully saturated rings. The number of aliphatic hydroxyl groups is 1. The Bertz CT molecular complexity index is 535. The molecule has 2 heterocycles. The summed E-state index contributed by atoms with van der Waals surface area (Å²) in [6, 6.07) is 2.03. The number of hydrogen-bond acceptors (Lipinski definition) is 5. The molecule has 20 heavy (non-hydrogen) atoms. The molecule has 6 heteroatoms. The van der Waals surface area contributed by atoms with Crippen LogP contribution < -0.4 is 5.32 Å². The number of hydrogen-bond donors (Lipinski definition) is 2. The molecule has 108 valence electrons. The van der Waals surface area contributed by atoms with E-state index in [1.165, 1.54) is 0 Å². The maximum atomic E-state index is 11.7. The van der Waals surface area contributed by atoms with Gasteiger partial charge in [0.05, 0.1) is 18.2 Å². The highest BCUT2D eigenvalue weighted by molar-refractivity contribution is 7.14. The second-order valence-electron chi connectivity index (χ2n) is 4.67. The van der Waals surface area contributed by atoms with Crippen LogP contribution in [-0.2, 0) is 11.2 Å². The predicted molar refractivity (Wildman–Crippen MR) is 83.1 cm³/mol. The van der Waals surface area contributed by atoms with Crippen LogP contribution in [0.3, 0.4) is 0 Å². The molecule has 2 aromatic rings. The van der Waals surface area contributed by atoms with E-state index in [9.17, 15) is 4.79 Å². The summed E-state index contributed by atoms with van der Waals surface area (Å²) in [6.07, 6.45) is 1.51. The molecule has 0 aromatic carbocycles. The number of nitrogens with zero attached hydrogens (tertiary/aromatic N) is 1. The van der Waals surface area contributed by atoms with Gasteiger partial charge in [0.2, 0.25) is 5.91 Å². The van der Waals surface area contributed by atoms with E-state index >= 15 is 0 Å². The highest BCUT2D eigenvalue weighted by Crippen LogP contribution is 2.25. The topological polar surface area (TPSA) is 62.2 Å². The number of aliphatic hydroxyl groups excluding tert-OH is 1. The standard InChI is InChI=1S/C14H18N2O2S2/c1-10(17)3-2-5-15-13(18)7-12-9-20-14(16-12)11-4-6-19-8-11/h4,6,8-10,17H,2-3,5,7H2,1H3,(H,15,18). The number of carbonyl (C=O) groups is 1. The SMILES string of the molecule is CC(O)CCCNC(=O)Cc1csc(-c2ccsc2)n1. The van der Waals surface area contributed by atoms with Crippen LogP contribution in [0.4, 0.5) is 0 Å². The van der Waals surface area contributed by atoms with E-state index in [1.54, 1.807) is 29.6 Å². The Balaban J connectivity index is 1.77. The Labute approximate surface area is 126 Å². The van der Waals surface area contributed by atoms with Gasteiger partial charge in [0, 0.05) is 22.9 Å². The minimum Gasteiger partial charge on any atom is -0.393 e. The van der Waals surface area contributed by atoms with Crippen molar-refractivity contribution in [2.75, 3.05) is 6.54 Å². The monoisotopic (exact) mass is 310 g/mol. The lowest BCUT2D eigenvalue weighted by Crippen LogP contribution is -2.26. The molecule has 2 N–H and O–H groups in total. The Morgan fingerprint density at radius 3 is 3.05 bits per heavy atom. The molecule has 0 radical (unpaired) electrons. The summed E-state index contributed by atoms with van der Waals surface area (Å²) in [6.45, 7) is 2.36. The molecule has 0 bridgehead atoms. The summed E-state index contributed by atoms with van der Waals surface area (Å²) >= 11 is 3.20. The van der Waals surface area contributed by atoms with Crippen LogP contribution in [0, 0.1) is 0 Å². The largest absolute Gasteiger partial charge is 0.393 e. The summed E-state index contributed by atoms with van der Waals surface area (Å²) in [7, 11) is 0. The van der Waals surface area contributed by atoms with Crippen LogP contribution in [0.15, 0.2) is 22.2 Å². The minimum atomic E-state index is -0.307. The van der Waals surface area contributed by atoms with Crippen molar-refractivity contribution in [3.63, 3.8) is 0 Å².